The third-order valence-corrected chi connectivity index (χ3v) is 5.63. The Kier molecular flexibility index (Phi) is 2.99. The van der Waals surface area contributed by atoms with E-state index in [1.54, 1.807) is 22.8 Å². The van der Waals surface area contributed by atoms with Crippen LogP contribution in [0.2, 0.25) is 0 Å². The second-order valence-corrected chi connectivity index (χ2v) is 7.34. The Bertz CT molecular complexity index is 785. The van der Waals surface area contributed by atoms with Crippen LogP contribution in [0, 0.1) is 0 Å². The van der Waals surface area contributed by atoms with Crippen molar-refractivity contribution in [3.05, 3.63) is 27.9 Å². The number of nitrogens with zero attached hydrogens (tertiary/aromatic N) is 1. The molecule has 1 fully saturated rings. The van der Waals surface area contributed by atoms with Crippen LogP contribution in [0.25, 0.3) is 10.2 Å². The second kappa shape index (κ2) is 4.43. The van der Waals surface area contributed by atoms with Crippen molar-refractivity contribution in [3.8, 4) is 0 Å². The Labute approximate surface area is 114 Å². The first kappa shape index (κ1) is 12.8. The van der Waals surface area contributed by atoms with Gasteiger partial charge in [0.15, 0.2) is 0 Å². The van der Waals surface area contributed by atoms with Gasteiger partial charge in [-0.1, -0.05) is 11.3 Å². The van der Waals surface area contributed by atoms with Gasteiger partial charge in [-0.25, -0.2) is 13.1 Å². The quantitative estimate of drug-likeness (QED) is 0.930. The largest absolute Gasteiger partial charge is 0.308 e. The van der Waals surface area contributed by atoms with E-state index in [0.717, 1.165) is 29.7 Å². The maximum absolute atomic E-state index is 12.1. The molecule has 0 atom stereocenters. The molecule has 5 nitrogen and oxygen atoms in total. The molecule has 1 heterocycles. The normalized spacial score (nSPS) is 16.1. The Morgan fingerprint density at radius 3 is 2.79 bits per heavy atom. The number of rotatable bonds is 4. The highest BCUT2D eigenvalue weighted by Crippen LogP contribution is 2.25. The number of benzene rings is 1. The van der Waals surface area contributed by atoms with Crippen molar-refractivity contribution >= 4 is 31.6 Å². The zero-order valence-corrected chi connectivity index (χ0v) is 12.1. The lowest BCUT2D eigenvalue weighted by molar-refractivity contribution is 0.581. The Morgan fingerprint density at radius 2 is 2.16 bits per heavy atom. The summed E-state index contributed by atoms with van der Waals surface area (Å²) in [7, 11) is -3.45. The lowest BCUT2D eigenvalue weighted by atomic mass is 10.3. The molecule has 0 amide bonds. The molecule has 2 aromatic rings. The molecule has 0 bridgehead atoms. The van der Waals surface area contributed by atoms with Gasteiger partial charge in [0, 0.05) is 12.6 Å². The summed E-state index contributed by atoms with van der Waals surface area (Å²) < 4.78 is 29.2. The minimum atomic E-state index is -3.45. The molecule has 1 aliphatic rings. The standard InChI is InChI=1S/C12H14N2O3S2/c1-2-14-10-6-5-9(7-11(10)18-12(14)15)19(16,17)13-8-3-4-8/h5-8,13H,2-4H2,1H3. The molecule has 0 radical (unpaired) electrons. The molecule has 19 heavy (non-hydrogen) atoms. The lowest BCUT2D eigenvalue weighted by Crippen LogP contribution is -2.25. The van der Waals surface area contributed by atoms with Gasteiger partial charge in [0.2, 0.25) is 10.0 Å². The van der Waals surface area contributed by atoms with Gasteiger partial charge in [0.05, 0.1) is 15.1 Å². The monoisotopic (exact) mass is 298 g/mol. The van der Waals surface area contributed by atoms with Crippen molar-refractivity contribution < 1.29 is 8.42 Å². The average molecular weight is 298 g/mol. The zero-order valence-electron chi connectivity index (χ0n) is 10.4. The molecule has 1 aromatic heterocycles. The molecular weight excluding hydrogens is 284 g/mol. The maximum Gasteiger partial charge on any atom is 0.308 e. The molecule has 0 aliphatic heterocycles. The van der Waals surface area contributed by atoms with Gasteiger partial charge in [0.25, 0.3) is 0 Å². The molecule has 7 heteroatoms. The van der Waals surface area contributed by atoms with Gasteiger partial charge in [-0.2, -0.15) is 0 Å². The number of hydrogen-bond acceptors (Lipinski definition) is 4. The molecule has 0 saturated heterocycles. The zero-order chi connectivity index (χ0) is 13.6. The van der Waals surface area contributed by atoms with Crippen molar-refractivity contribution in [1.82, 2.24) is 9.29 Å². The second-order valence-electron chi connectivity index (χ2n) is 4.64. The fraction of sp³-hybridized carbons (Fsp3) is 0.417. The summed E-state index contributed by atoms with van der Waals surface area (Å²) in [5, 5.41) is 0. The summed E-state index contributed by atoms with van der Waals surface area (Å²) in [6, 6.07) is 4.93. The van der Waals surface area contributed by atoms with Crippen LogP contribution in [0.3, 0.4) is 0 Å². The summed E-state index contributed by atoms with van der Waals surface area (Å²) in [4.78, 5) is 11.9. The Morgan fingerprint density at radius 1 is 1.42 bits per heavy atom. The molecule has 3 rings (SSSR count). The summed E-state index contributed by atoms with van der Waals surface area (Å²) in [5.41, 5.74) is 0.794. The van der Waals surface area contributed by atoms with Gasteiger partial charge in [0.1, 0.15) is 0 Å². The number of sulfonamides is 1. The van der Waals surface area contributed by atoms with Crippen molar-refractivity contribution in [2.75, 3.05) is 0 Å². The SMILES string of the molecule is CCn1c(=O)sc2cc(S(=O)(=O)NC3CC3)ccc21. The van der Waals surface area contributed by atoms with E-state index < -0.39 is 10.0 Å². The number of aromatic nitrogens is 1. The van der Waals surface area contributed by atoms with Crippen LogP contribution in [0.1, 0.15) is 19.8 Å². The van der Waals surface area contributed by atoms with Crippen LogP contribution in [0.15, 0.2) is 27.9 Å². The fourth-order valence-corrected chi connectivity index (χ4v) is 4.40. The topological polar surface area (TPSA) is 68.2 Å². The molecule has 1 aliphatic carbocycles. The van der Waals surface area contributed by atoms with Crippen LogP contribution in [0.5, 0.6) is 0 Å². The van der Waals surface area contributed by atoms with E-state index in [-0.39, 0.29) is 15.8 Å². The van der Waals surface area contributed by atoms with Crippen molar-refractivity contribution in [2.45, 2.75) is 37.2 Å². The Hall–Kier alpha value is -1.18. The minimum absolute atomic E-state index is 0.0535. The number of hydrogen-bond donors (Lipinski definition) is 1. The number of aryl methyl sites for hydroxylation is 1. The highest BCUT2D eigenvalue weighted by molar-refractivity contribution is 7.89. The number of nitrogens with one attached hydrogen (secondary N) is 1. The third kappa shape index (κ3) is 2.33. The van der Waals surface area contributed by atoms with E-state index in [4.69, 9.17) is 0 Å². The Balaban J connectivity index is 2.09. The van der Waals surface area contributed by atoms with Crippen LogP contribution in [-0.2, 0) is 16.6 Å². The van der Waals surface area contributed by atoms with Gasteiger partial charge in [-0.15, -0.1) is 0 Å². The van der Waals surface area contributed by atoms with E-state index in [1.165, 1.54) is 0 Å². The number of fused-ring (bicyclic) bond motifs is 1. The summed E-state index contributed by atoms with van der Waals surface area (Å²) in [5.74, 6) is 0. The highest BCUT2D eigenvalue weighted by Gasteiger charge is 2.28. The van der Waals surface area contributed by atoms with Gasteiger partial charge >= 0.3 is 4.87 Å². The van der Waals surface area contributed by atoms with E-state index in [2.05, 4.69) is 4.72 Å². The third-order valence-electron chi connectivity index (χ3n) is 3.17. The first-order valence-corrected chi connectivity index (χ1v) is 8.47. The van der Waals surface area contributed by atoms with Gasteiger partial charge in [-0.05, 0) is 38.0 Å². The summed E-state index contributed by atoms with van der Waals surface area (Å²) >= 11 is 1.08. The summed E-state index contributed by atoms with van der Waals surface area (Å²) in [6.07, 6.45) is 1.81. The van der Waals surface area contributed by atoms with E-state index >= 15 is 0 Å². The molecule has 1 aromatic carbocycles. The molecule has 0 unspecified atom stereocenters. The predicted molar refractivity (Wildman–Crippen MR) is 75.1 cm³/mol. The molecule has 0 spiro atoms. The maximum atomic E-state index is 12.1. The molecule has 1 saturated carbocycles. The molecule has 102 valence electrons. The summed E-state index contributed by atoms with van der Waals surface area (Å²) in [6.45, 7) is 2.48. The minimum Gasteiger partial charge on any atom is -0.299 e. The smallest absolute Gasteiger partial charge is 0.299 e. The predicted octanol–water partition coefficient (Wildman–Crippen LogP) is 1.52. The average Bonchev–Trinajstić information content (AvgIpc) is 3.08. The van der Waals surface area contributed by atoms with Crippen molar-refractivity contribution in [2.24, 2.45) is 0 Å². The van der Waals surface area contributed by atoms with Crippen LogP contribution < -0.4 is 9.60 Å². The van der Waals surface area contributed by atoms with Crippen molar-refractivity contribution in [3.63, 3.8) is 0 Å². The van der Waals surface area contributed by atoms with Crippen LogP contribution in [-0.4, -0.2) is 19.0 Å². The fourth-order valence-electron chi connectivity index (χ4n) is 2.00. The van der Waals surface area contributed by atoms with Crippen LogP contribution in [0.4, 0.5) is 0 Å². The van der Waals surface area contributed by atoms with Crippen LogP contribution >= 0.6 is 11.3 Å². The van der Waals surface area contributed by atoms with Gasteiger partial charge in [-0.3, -0.25) is 9.36 Å². The van der Waals surface area contributed by atoms with E-state index in [0.29, 0.717) is 11.2 Å². The van der Waals surface area contributed by atoms with Gasteiger partial charge < -0.3 is 0 Å². The van der Waals surface area contributed by atoms with Crippen molar-refractivity contribution in [1.29, 1.82) is 0 Å². The molecule has 1 N–H and O–H groups in total. The van der Waals surface area contributed by atoms with E-state index in [1.807, 2.05) is 6.92 Å². The number of thiazole rings is 1. The van der Waals surface area contributed by atoms with E-state index in [9.17, 15) is 13.2 Å². The first-order valence-electron chi connectivity index (χ1n) is 6.17. The molecular formula is C12H14N2O3S2. The first-order chi connectivity index (χ1) is 9.01. The lowest BCUT2D eigenvalue weighted by Gasteiger charge is -2.05. The highest BCUT2D eigenvalue weighted by atomic mass is 32.2.